The van der Waals surface area contributed by atoms with E-state index in [1.165, 1.54) is 16.7 Å². The van der Waals surface area contributed by atoms with Gasteiger partial charge in [-0.15, -0.1) is 0 Å². The number of anilines is 1. The molecule has 0 aromatic heterocycles. The van der Waals surface area contributed by atoms with Gasteiger partial charge in [-0.1, -0.05) is 39.9 Å². The number of halogens is 1. The zero-order valence-corrected chi connectivity index (χ0v) is 18.0. The highest BCUT2D eigenvalue weighted by atomic mass is 79.9. The van der Waals surface area contributed by atoms with Crippen LogP contribution in [0.2, 0.25) is 0 Å². The Kier molecular flexibility index (Phi) is 6.08. The monoisotopic (exact) mass is 465 g/mol. The number of nitrogens with zero attached hydrogens (tertiary/aromatic N) is 1. The second-order valence-corrected chi connectivity index (χ2v) is 8.03. The van der Waals surface area contributed by atoms with Crippen LogP contribution in [0.5, 0.6) is 17.2 Å². The van der Waals surface area contributed by atoms with Crippen LogP contribution >= 0.6 is 39.9 Å². The van der Waals surface area contributed by atoms with Gasteiger partial charge in [-0.2, -0.15) is 0 Å². The predicted molar refractivity (Wildman–Crippen MR) is 116 cm³/mol. The number of hydrogen-bond donors (Lipinski definition) is 0. The molecule has 1 aliphatic heterocycles. The maximum absolute atomic E-state index is 12.9. The van der Waals surface area contributed by atoms with Crippen molar-refractivity contribution in [1.29, 1.82) is 0 Å². The third-order valence-electron chi connectivity index (χ3n) is 3.90. The van der Waals surface area contributed by atoms with Crippen LogP contribution in [0.15, 0.2) is 45.8 Å². The van der Waals surface area contributed by atoms with Crippen LogP contribution in [-0.2, 0) is 4.79 Å². The summed E-state index contributed by atoms with van der Waals surface area (Å²) >= 11 is 10.1. The number of amides is 1. The zero-order chi connectivity index (χ0) is 19.6. The number of thiocarbonyl (C=S) groups is 1. The Morgan fingerprint density at radius 2 is 1.59 bits per heavy atom. The number of methoxy groups -OCH3 is 3. The lowest BCUT2D eigenvalue weighted by molar-refractivity contribution is -0.113. The molecule has 3 rings (SSSR count). The Bertz CT molecular complexity index is 928. The first kappa shape index (κ1) is 19.7. The zero-order valence-electron chi connectivity index (χ0n) is 14.8. The lowest BCUT2D eigenvalue weighted by atomic mass is 10.1. The van der Waals surface area contributed by atoms with Crippen LogP contribution in [0.25, 0.3) is 6.08 Å². The van der Waals surface area contributed by atoms with Crippen LogP contribution in [-0.4, -0.2) is 31.6 Å². The molecule has 2 aromatic rings. The summed E-state index contributed by atoms with van der Waals surface area (Å²) in [6, 6.07) is 10.9. The molecule has 2 aromatic carbocycles. The molecule has 0 unspecified atom stereocenters. The molecular weight excluding hydrogens is 450 g/mol. The van der Waals surface area contributed by atoms with Crippen LogP contribution in [0.4, 0.5) is 5.69 Å². The first-order valence-corrected chi connectivity index (χ1v) is 9.83. The molecule has 0 N–H and O–H groups in total. The number of benzene rings is 2. The normalized spacial score (nSPS) is 15.4. The molecular formula is C19H16BrNO4S2. The van der Waals surface area contributed by atoms with Gasteiger partial charge in [0.05, 0.1) is 31.9 Å². The Balaban J connectivity index is 1.99. The molecule has 0 bridgehead atoms. The van der Waals surface area contributed by atoms with E-state index in [0.717, 1.165) is 10.2 Å². The van der Waals surface area contributed by atoms with Gasteiger partial charge in [0.2, 0.25) is 0 Å². The molecule has 27 heavy (non-hydrogen) atoms. The molecule has 5 nitrogen and oxygen atoms in total. The van der Waals surface area contributed by atoms with Crippen molar-refractivity contribution >= 4 is 61.9 Å². The molecule has 1 saturated heterocycles. The van der Waals surface area contributed by atoms with Crippen molar-refractivity contribution in [2.75, 3.05) is 26.2 Å². The number of ether oxygens (including phenoxy) is 3. The van der Waals surface area contributed by atoms with Crippen molar-refractivity contribution < 1.29 is 19.0 Å². The van der Waals surface area contributed by atoms with E-state index in [1.807, 2.05) is 24.3 Å². The Morgan fingerprint density at radius 3 is 2.19 bits per heavy atom. The fourth-order valence-electron chi connectivity index (χ4n) is 2.59. The van der Waals surface area contributed by atoms with E-state index >= 15 is 0 Å². The Labute approximate surface area is 175 Å². The smallest absolute Gasteiger partial charge is 0.270 e. The fourth-order valence-corrected chi connectivity index (χ4v) is 4.14. The maximum atomic E-state index is 12.9. The molecule has 8 heteroatoms. The van der Waals surface area contributed by atoms with Crippen molar-refractivity contribution in [3.63, 3.8) is 0 Å². The third-order valence-corrected chi connectivity index (χ3v) is 5.73. The highest BCUT2D eigenvalue weighted by Gasteiger charge is 2.33. The summed E-state index contributed by atoms with van der Waals surface area (Å²) in [5, 5.41) is 0. The number of carbonyl (C=O) groups excluding carboxylic acids is 1. The summed E-state index contributed by atoms with van der Waals surface area (Å²) < 4.78 is 17.5. The fraction of sp³-hybridized carbons (Fsp3) is 0.158. The molecule has 0 aliphatic carbocycles. The van der Waals surface area contributed by atoms with Gasteiger partial charge in [0.1, 0.15) is 5.75 Å². The van der Waals surface area contributed by atoms with E-state index in [1.54, 1.807) is 39.5 Å². The topological polar surface area (TPSA) is 48.0 Å². The van der Waals surface area contributed by atoms with Crippen LogP contribution in [0.3, 0.4) is 0 Å². The van der Waals surface area contributed by atoms with Gasteiger partial charge in [-0.05, 0) is 36.4 Å². The first-order chi connectivity index (χ1) is 13.0. The number of rotatable bonds is 5. The maximum Gasteiger partial charge on any atom is 0.270 e. The third kappa shape index (κ3) is 3.97. The summed E-state index contributed by atoms with van der Waals surface area (Å²) in [6.07, 6.45) is 1.75. The summed E-state index contributed by atoms with van der Waals surface area (Å²) in [7, 11) is 4.67. The van der Waals surface area contributed by atoms with Gasteiger partial charge in [0, 0.05) is 16.1 Å². The van der Waals surface area contributed by atoms with E-state index in [4.69, 9.17) is 26.4 Å². The molecule has 0 spiro atoms. The summed E-state index contributed by atoms with van der Waals surface area (Å²) in [6.45, 7) is 0. The molecule has 0 radical (unpaired) electrons. The van der Waals surface area contributed by atoms with Crippen LogP contribution in [0, 0.1) is 0 Å². The highest BCUT2D eigenvalue weighted by Crippen LogP contribution is 2.40. The standard InChI is InChI=1S/C19H16BrNO4S2/c1-23-14-10-16(25-3)15(24-2)8-11(14)9-17-18(22)21(19(26)27-17)13-6-4-12(20)5-7-13/h4-10H,1-3H3/b17-9+. The molecule has 0 atom stereocenters. The highest BCUT2D eigenvalue weighted by molar-refractivity contribution is 9.10. The van der Waals surface area contributed by atoms with Gasteiger partial charge >= 0.3 is 0 Å². The molecule has 1 aliphatic rings. The second-order valence-electron chi connectivity index (χ2n) is 5.44. The molecule has 1 fully saturated rings. The molecule has 0 saturated carbocycles. The van der Waals surface area contributed by atoms with E-state index in [2.05, 4.69) is 15.9 Å². The predicted octanol–water partition coefficient (Wildman–Crippen LogP) is 4.88. The number of hydrogen-bond acceptors (Lipinski definition) is 6. The van der Waals surface area contributed by atoms with Gasteiger partial charge in [-0.3, -0.25) is 9.69 Å². The summed E-state index contributed by atoms with van der Waals surface area (Å²) in [5.74, 6) is 1.49. The Morgan fingerprint density at radius 1 is 1.00 bits per heavy atom. The quantitative estimate of drug-likeness (QED) is 0.463. The van der Waals surface area contributed by atoms with Gasteiger partial charge in [-0.25, -0.2) is 0 Å². The minimum absolute atomic E-state index is 0.177. The van der Waals surface area contributed by atoms with Gasteiger partial charge < -0.3 is 14.2 Å². The van der Waals surface area contributed by atoms with Crippen molar-refractivity contribution in [3.05, 3.63) is 51.3 Å². The van der Waals surface area contributed by atoms with E-state index in [9.17, 15) is 4.79 Å². The van der Waals surface area contributed by atoms with Crippen molar-refractivity contribution in [3.8, 4) is 17.2 Å². The van der Waals surface area contributed by atoms with Crippen LogP contribution in [0.1, 0.15) is 5.56 Å². The average Bonchev–Trinajstić information content (AvgIpc) is 2.95. The lowest BCUT2D eigenvalue weighted by Crippen LogP contribution is -2.27. The minimum atomic E-state index is -0.177. The average molecular weight is 466 g/mol. The molecule has 140 valence electrons. The second kappa shape index (κ2) is 8.33. The molecule has 1 amide bonds. The van der Waals surface area contributed by atoms with Gasteiger partial charge in [0.15, 0.2) is 15.8 Å². The largest absolute Gasteiger partial charge is 0.496 e. The number of thioether (sulfide) groups is 1. The SMILES string of the molecule is COc1cc(OC)c(OC)cc1/C=C1/SC(=S)N(c2ccc(Br)cc2)C1=O. The Hall–Kier alpha value is -2.03. The van der Waals surface area contributed by atoms with Crippen molar-refractivity contribution in [2.24, 2.45) is 0 Å². The first-order valence-electron chi connectivity index (χ1n) is 7.82. The molecule has 1 heterocycles. The van der Waals surface area contributed by atoms with E-state index < -0.39 is 0 Å². The number of carbonyl (C=O) groups is 1. The van der Waals surface area contributed by atoms with Crippen molar-refractivity contribution in [2.45, 2.75) is 0 Å². The van der Waals surface area contributed by atoms with Gasteiger partial charge in [0.25, 0.3) is 5.91 Å². The summed E-state index contributed by atoms with van der Waals surface area (Å²) in [5.41, 5.74) is 1.43. The van der Waals surface area contributed by atoms with Crippen molar-refractivity contribution in [1.82, 2.24) is 0 Å². The van der Waals surface area contributed by atoms with E-state index in [0.29, 0.717) is 32.0 Å². The van der Waals surface area contributed by atoms with E-state index in [-0.39, 0.29) is 5.91 Å². The lowest BCUT2D eigenvalue weighted by Gasteiger charge is -2.14. The minimum Gasteiger partial charge on any atom is -0.496 e. The summed E-state index contributed by atoms with van der Waals surface area (Å²) in [4.78, 5) is 15.0. The van der Waals surface area contributed by atoms with Crippen LogP contribution < -0.4 is 19.1 Å².